The van der Waals surface area contributed by atoms with Crippen molar-refractivity contribution < 1.29 is 19.2 Å². The van der Waals surface area contributed by atoms with Gasteiger partial charge in [0.2, 0.25) is 23.6 Å². The molecule has 2 bridgehead atoms. The second-order valence-electron chi connectivity index (χ2n) is 9.05. The lowest BCUT2D eigenvalue weighted by Gasteiger charge is -2.31. The summed E-state index contributed by atoms with van der Waals surface area (Å²) in [5, 5.41) is 4.86. The number of hydrogen-bond donors (Lipinski definition) is 1. The molecule has 0 aromatic carbocycles. The smallest absolute Gasteiger partial charge is 0.245 e. The van der Waals surface area contributed by atoms with E-state index >= 15 is 0 Å². The average Bonchev–Trinajstić information content (AvgIpc) is 3.53. The molecule has 1 saturated heterocycles. The van der Waals surface area contributed by atoms with E-state index in [2.05, 4.69) is 11.4 Å². The maximum absolute atomic E-state index is 13.1. The van der Waals surface area contributed by atoms with Crippen molar-refractivity contribution in [3.05, 3.63) is 34.0 Å². The van der Waals surface area contributed by atoms with Crippen LogP contribution in [0, 0.1) is 23.7 Å². The molecule has 164 valence electrons. The van der Waals surface area contributed by atoms with E-state index < -0.39 is 11.9 Å². The first-order chi connectivity index (χ1) is 15.0. The molecule has 8 heteroatoms. The molecular weight excluding hydrogens is 414 g/mol. The van der Waals surface area contributed by atoms with Gasteiger partial charge in [-0.05, 0) is 48.1 Å². The number of carbonyl (C=O) groups is 4. The minimum atomic E-state index is -0.636. The maximum atomic E-state index is 13.1. The van der Waals surface area contributed by atoms with Gasteiger partial charge in [0.15, 0.2) is 0 Å². The molecule has 1 N–H and O–H groups in total. The van der Waals surface area contributed by atoms with Crippen LogP contribution in [0.15, 0.2) is 23.6 Å². The van der Waals surface area contributed by atoms with Crippen LogP contribution in [0.4, 0.5) is 0 Å². The molecule has 1 aromatic rings. The van der Waals surface area contributed by atoms with Crippen LogP contribution in [0.3, 0.4) is 0 Å². The molecule has 2 fully saturated rings. The van der Waals surface area contributed by atoms with Crippen molar-refractivity contribution in [1.82, 2.24) is 15.1 Å². The van der Waals surface area contributed by atoms with E-state index in [1.165, 1.54) is 10.4 Å². The van der Waals surface area contributed by atoms with Gasteiger partial charge in [-0.2, -0.15) is 0 Å². The van der Waals surface area contributed by atoms with Gasteiger partial charge in [-0.1, -0.05) is 25.5 Å². The third-order valence-electron chi connectivity index (χ3n) is 7.19. The van der Waals surface area contributed by atoms with E-state index in [0.29, 0.717) is 19.5 Å². The lowest BCUT2D eigenvalue weighted by molar-refractivity contribution is -0.145. The molecule has 2 aliphatic carbocycles. The molecule has 7 nitrogen and oxygen atoms in total. The summed E-state index contributed by atoms with van der Waals surface area (Å²) >= 11 is 1.72. The second kappa shape index (κ2) is 7.89. The largest absolute Gasteiger partial charge is 0.343 e. The standard InChI is InChI=1S/C23H27N3O4S/c1-2-3-16(21(28)25-8-6-17-15(11-25)7-9-31-17)24-18(27)12-26-22(29)19-13-4-5-14(10-13)20(19)23(26)30/h4-5,7,9,13-14,16,19-20H,2-3,6,8,10-12H2,1H3,(H,24,27). The molecule has 1 aromatic heterocycles. The van der Waals surface area contributed by atoms with Crippen LogP contribution in [-0.4, -0.2) is 52.6 Å². The molecule has 31 heavy (non-hydrogen) atoms. The third-order valence-corrected chi connectivity index (χ3v) is 8.22. The van der Waals surface area contributed by atoms with E-state index in [9.17, 15) is 19.2 Å². The number of fused-ring (bicyclic) bond motifs is 6. The van der Waals surface area contributed by atoms with Crippen LogP contribution in [0.5, 0.6) is 0 Å². The predicted molar refractivity (Wildman–Crippen MR) is 115 cm³/mol. The molecule has 5 atom stereocenters. The number of likely N-dealkylation sites (tertiary alicyclic amines) is 1. The van der Waals surface area contributed by atoms with Crippen LogP contribution < -0.4 is 5.32 Å². The summed E-state index contributed by atoms with van der Waals surface area (Å²) in [5.74, 6) is -1.38. The van der Waals surface area contributed by atoms with Gasteiger partial charge in [-0.3, -0.25) is 24.1 Å². The maximum Gasteiger partial charge on any atom is 0.245 e. The number of hydrogen-bond acceptors (Lipinski definition) is 5. The monoisotopic (exact) mass is 441 g/mol. The molecule has 4 amide bonds. The summed E-state index contributed by atoms with van der Waals surface area (Å²) in [6.07, 6.45) is 7.04. The highest BCUT2D eigenvalue weighted by molar-refractivity contribution is 7.10. The molecule has 4 aliphatic rings. The van der Waals surface area contributed by atoms with Crippen molar-refractivity contribution in [2.75, 3.05) is 13.1 Å². The zero-order valence-electron chi connectivity index (χ0n) is 17.6. The van der Waals surface area contributed by atoms with E-state index in [1.807, 2.05) is 24.5 Å². The Morgan fingerprint density at radius 1 is 1.19 bits per heavy atom. The van der Waals surface area contributed by atoms with Crippen molar-refractivity contribution in [1.29, 1.82) is 0 Å². The zero-order chi connectivity index (χ0) is 21.7. The molecule has 3 heterocycles. The van der Waals surface area contributed by atoms with Gasteiger partial charge in [-0.15, -0.1) is 11.3 Å². The molecule has 1 saturated carbocycles. The number of thiophene rings is 1. The Morgan fingerprint density at radius 2 is 1.90 bits per heavy atom. The molecule has 2 aliphatic heterocycles. The van der Waals surface area contributed by atoms with Crippen molar-refractivity contribution in [3.8, 4) is 0 Å². The number of imide groups is 1. The quantitative estimate of drug-likeness (QED) is 0.538. The van der Waals surface area contributed by atoms with E-state index in [4.69, 9.17) is 0 Å². The summed E-state index contributed by atoms with van der Waals surface area (Å²) in [4.78, 5) is 55.8. The Morgan fingerprint density at radius 3 is 2.58 bits per heavy atom. The van der Waals surface area contributed by atoms with Gasteiger partial charge >= 0.3 is 0 Å². The summed E-state index contributed by atoms with van der Waals surface area (Å²) in [6.45, 7) is 2.88. The Labute approximate surface area is 185 Å². The first kappa shape index (κ1) is 20.4. The van der Waals surface area contributed by atoms with Gasteiger partial charge in [-0.25, -0.2) is 0 Å². The number of amides is 4. The van der Waals surface area contributed by atoms with E-state index in [1.54, 1.807) is 16.2 Å². The lowest BCUT2D eigenvalue weighted by atomic mass is 9.85. The number of nitrogens with zero attached hydrogens (tertiary/aromatic N) is 2. The fraction of sp³-hybridized carbons (Fsp3) is 0.565. The lowest BCUT2D eigenvalue weighted by Crippen LogP contribution is -2.52. The number of allylic oxidation sites excluding steroid dienone is 2. The first-order valence-electron chi connectivity index (χ1n) is 11.1. The molecule has 0 spiro atoms. The molecular formula is C23H27N3O4S. The summed E-state index contributed by atoms with van der Waals surface area (Å²) in [6, 6.07) is 1.42. The van der Waals surface area contributed by atoms with E-state index in [0.717, 1.165) is 24.2 Å². The highest BCUT2D eigenvalue weighted by Crippen LogP contribution is 2.52. The number of nitrogens with one attached hydrogen (secondary N) is 1. The Bertz CT molecular complexity index is 940. The number of carbonyl (C=O) groups excluding carboxylic acids is 4. The van der Waals surface area contributed by atoms with Gasteiger partial charge in [0.25, 0.3) is 0 Å². The normalized spacial score (nSPS) is 29.3. The highest BCUT2D eigenvalue weighted by atomic mass is 32.1. The second-order valence-corrected chi connectivity index (χ2v) is 10.1. The summed E-state index contributed by atoms with van der Waals surface area (Å²) in [5.41, 5.74) is 1.18. The van der Waals surface area contributed by atoms with Crippen molar-refractivity contribution in [2.45, 2.75) is 45.2 Å². The van der Waals surface area contributed by atoms with Gasteiger partial charge in [0.1, 0.15) is 12.6 Å². The summed E-state index contributed by atoms with van der Waals surface area (Å²) in [7, 11) is 0. The SMILES string of the molecule is CCCC(NC(=O)CN1C(=O)C2C3C=CC(C3)C2C1=O)C(=O)N1CCc2sccc2C1. The topological polar surface area (TPSA) is 86.8 Å². The minimum Gasteiger partial charge on any atom is -0.343 e. The minimum absolute atomic E-state index is 0.0924. The Hall–Kier alpha value is -2.48. The molecule has 5 unspecified atom stereocenters. The van der Waals surface area contributed by atoms with Crippen LogP contribution >= 0.6 is 11.3 Å². The molecule has 0 radical (unpaired) electrons. The summed E-state index contributed by atoms with van der Waals surface area (Å²) < 4.78 is 0. The first-order valence-corrected chi connectivity index (χ1v) is 12.0. The van der Waals surface area contributed by atoms with Crippen molar-refractivity contribution >= 4 is 35.0 Å². The van der Waals surface area contributed by atoms with Crippen LogP contribution in [0.2, 0.25) is 0 Å². The Balaban J connectivity index is 1.23. The van der Waals surface area contributed by atoms with Gasteiger partial charge in [0, 0.05) is 18.0 Å². The number of rotatable bonds is 6. The average molecular weight is 442 g/mol. The fourth-order valence-corrected chi connectivity index (χ4v) is 6.60. The highest BCUT2D eigenvalue weighted by Gasteiger charge is 2.59. The van der Waals surface area contributed by atoms with E-state index in [-0.39, 0.29) is 47.9 Å². The van der Waals surface area contributed by atoms with Crippen LogP contribution in [0.25, 0.3) is 0 Å². The zero-order valence-corrected chi connectivity index (χ0v) is 18.4. The van der Waals surface area contributed by atoms with Gasteiger partial charge < -0.3 is 10.2 Å². The van der Waals surface area contributed by atoms with Crippen LogP contribution in [-0.2, 0) is 32.1 Å². The Kier molecular flexibility index (Phi) is 5.20. The van der Waals surface area contributed by atoms with Crippen molar-refractivity contribution in [2.24, 2.45) is 23.7 Å². The van der Waals surface area contributed by atoms with Crippen molar-refractivity contribution in [3.63, 3.8) is 0 Å². The fourth-order valence-electron chi connectivity index (χ4n) is 5.71. The van der Waals surface area contributed by atoms with Gasteiger partial charge in [0.05, 0.1) is 11.8 Å². The predicted octanol–water partition coefficient (Wildman–Crippen LogP) is 1.72. The van der Waals surface area contributed by atoms with Crippen LogP contribution in [0.1, 0.15) is 36.6 Å². The third kappa shape index (κ3) is 3.41. The molecule has 5 rings (SSSR count).